The first-order valence-electron chi connectivity index (χ1n) is 6.58. The molecule has 0 atom stereocenters. The van der Waals surface area contributed by atoms with Crippen molar-refractivity contribution in [3.8, 4) is 0 Å². The molecule has 0 heterocycles. The van der Waals surface area contributed by atoms with E-state index in [1.165, 1.54) is 12.1 Å². The van der Waals surface area contributed by atoms with Gasteiger partial charge in [-0.05, 0) is 31.2 Å². The molecule has 0 saturated heterocycles. The van der Waals surface area contributed by atoms with Crippen LogP contribution in [0.4, 0.5) is 18.9 Å². The molecule has 0 aromatic heterocycles. The molecule has 0 radical (unpaired) electrons. The summed E-state index contributed by atoms with van der Waals surface area (Å²) in [7, 11) is 0. The molecule has 0 spiro atoms. The largest absolute Gasteiger partial charge is 0.451 e. The molecule has 0 saturated carbocycles. The third kappa shape index (κ3) is 4.92. The summed E-state index contributed by atoms with van der Waals surface area (Å²) in [6.07, 6.45) is -4.70. The normalized spacial score (nSPS) is 13.3. The van der Waals surface area contributed by atoms with Gasteiger partial charge in [0.15, 0.2) is 0 Å². The first kappa shape index (κ1) is 17.2. The Labute approximate surface area is 139 Å². The van der Waals surface area contributed by atoms with Crippen molar-refractivity contribution < 1.29 is 13.2 Å². The maximum Gasteiger partial charge on any atom is 0.451 e. The Morgan fingerprint density at radius 1 is 1.00 bits per heavy atom. The van der Waals surface area contributed by atoms with Gasteiger partial charge in [0.05, 0.1) is 5.69 Å². The van der Waals surface area contributed by atoms with E-state index in [0.717, 1.165) is 10.0 Å². The number of hydrogen-bond acceptors (Lipinski definition) is 1. The number of aliphatic imine (C=N–C) groups is 2. The number of amidine groups is 2. The van der Waals surface area contributed by atoms with E-state index in [-0.39, 0.29) is 11.5 Å². The second-order valence-corrected chi connectivity index (χ2v) is 5.69. The van der Waals surface area contributed by atoms with Gasteiger partial charge in [-0.15, -0.1) is 0 Å². The van der Waals surface area contributed by atoms with Gasteiger partial charge in [0.25, 0.3) is 0 Å². The molecular weight excluding hydrogens is 371 g/mol. The Morgan fingerprint density at radius 2 is 1.57 bits per heavy atom. The highest BCUT2D eigenvalue weighted by molar-refractivity contribution is 9.10. The highest BCUT2D eigenvalue weighted by atomic mass is 79.9. The van der Waals surface area contributed by atoms with E-state index in [0.29, 0.717) is 5.56 Å². The van der Waals surface area contributed by atoms with Crippen molar-refractivity contribution in [2.24, 2.45) is 15.7 Å². The first-order valence-corrected chi connectivity index (χ1v) is 7.37. The summed E-state index contributed by atoms with van der Waals surface area (Å²) in [6.45, 7) is 1.84. The fourth-order valence-electron chi connectivity index (χ4n) is 1.69. The summed E-state index contributed by atoms with van der Waals surface area (Å²) in [6, 6.07) is 12.8. The van der Waals surface area contributed by atoms with E-state index in [2.05, 4.69) is 25.9 Å². The zero-order chi connectivity index (χ0) is 17.0. The van der Waals surface area contributed by atoms with E-state index in [4.69, 9.17) is 5.73 Å². The second kappa shape index (κ2) is 6.95. The molecule has 2 rings (SSSR count). The van der Waals surface area contributed by atoms with Crippen molar-refractivity contribution in [3.63, 3.8) is 0 Å². The quantitative estimate of drug-likeness (QED) is 0.589. The summed E-state index contributed by atoms with van der Waals surface area (Å²) in [5.74, 6) is -1.54. The number of aryl methyl sites for hydroxylation is 1. The van der Waals surface area contributed by atoms with Gasteiger partial charge < -0.3 is 5.73 Å². The molecule has 0 aliphatic heterocycles. The van der Waals surface area contributed by atoms with Crippen LogP contribution < -0.4 is 5.73 Å². The van der Waals surface area contributed by atoms with Crippen LogP contribution in [0.15, 0.2) is 63.0 Å². The maximum atomic E-state index is 13.1. The highest BCUT2D eigenvalue weighted by Crippen LogP contribution is 2.23. The Morgan fingerprint density at radius 3 is 2.09 bits per heavy atom. The van der Waals surface area contributed by atoms with Gasteiger partial charge in [0.2, 0.25) is 5.84 Å². The molecule has 120 valence electrons. The van der Waals surface area contributed by atoms with Crippen LogP contribution in [0.1, 0.15) is 11.1 Å². The van der Waals surface area contributed by atoms with E-state index >= 15 is 0 Å². The number of hydrogen-bond donors (Lipinski definition) is 1. The number of rotatable bonds is 2. The monoisotopic (exact) mass is 383 g/mol. The van der Waals surface area contributed by atoms with E-state index in [1.807, 2.05) is 6.92 Å². The van der Waals surface area contributed by atoms with Gasteiger partial charge in [0.1, 0.15) is 5.84 Å². The van der Waals surface area contributed by atoms with Crippen LogP contribution in [-0.4, -0.2) is 17.8 Å². The number of benzene rings is 2. The third-order valence-electron chi connectivity index (χ3n) is 2.89. The molecule has 3 nitrogen and oxygen atoms in total. The molecule has 2 aromatic rings. The number of halogens is 4. The molecule has 23 heavy (non-hydrogen) atoms. The minimum absolute atomic E-state index is 0.162. The average molecular weight is 384 g/mol. The smallest absolute Gasteiger partial charge is 0.383 e. The lowest BCUT2D eigenvalue weighted by Gasteiger charge is -2.08. The molecule has 0 aliphatic carbocycles. The topological polar surface area (TPSA) is 50.7 Å². The Bertz CT molecular complexity index is 733. The standard InChI is InChI=1S/C16H13BrF3N3/c1-10-2-8-13(9-3-10)22-15(16(18,19)20)23-14(21)11-4-6-12(17)7-5-11/h2-9H,1H3,(H2,21,22,23). The van der Waals surface area contributed by atoms with E-state index < -0.39 is 12.0 Å². The molecule has 7 heteroatoms. The van der Waals surface area contributed by atoms with E-state index in [9.17, 15) is 13.2 Å². The van der Waals surface area contributed by atoms with Crippen molar-refractivity contribution in [3.05, 3.63) is 64.1 Å². The first-order chi connectivity index (χ1) is 10.8. The Balaban J connectivity index is 2.41. The fourth-order valence-corrected chi connectivity index (χ4v) is 1.96. The number of nitrogens with two attached hydrogens (primary N) is 1. The lowest BCUT2D eigenvalue weighted by atomic mass is 10.2. The van der Waals surface area contributed by atoms with E-state index in [1.54, 1.807) is 36.4 Å². The molecule has 0 fully saturated rings. The highest BCUT2D eigenvalue weighted by Gasteiger charge is 2.36. The zero-order valence-electron chi connectivity index (χ0n) is 12.1. The minimum atomic E-state index is -4.70. The third-order valence-corrected chi connectivity index (χ3v) is 3.42. The molecular formula is C16H13BrF3N3. The molecule has 2 N–H and O–H groups in total. The molecule has 0 aliphatic rings. The molecule has 0 unspecified atom stereocenters. The van der Waals surface area contributed by atoms with Gasteiger partial charge in [-0.3, -0.25) is 0 Å². The van der Waals surface area contributed by atoms with Crippen LogP contribution in [0.2, 0.25) is 0 Å². The molecule has 0 bridgehead atoms. The summed E-state index contributed by atoms with van der Waals surface area (Å²) >= 11 is 3.24. The zero-order valence-corrected chi connectivity index (χ0v) is 13.7. The van der Waals surface area contributed by atoms with Crippen molar-refractivity contribution in [2.45, 2.75) is 13.1 Å². The van der Waals surface area contributed by atoms with Gasteiger partial charge in [-0.25, -0.2) is 9.98 Å². The van der Waals surface area contributed by atoms with Crippen molar-refractivity contribution in [1.82, 2.24) is 0 Å². The molecule has 0 amide bonds. The lowest BCUT2D eigenvalue weighted by molar-refractivity contribution is -0.0596. The van der Waals surface area contributed by atoms with Crippen molar-refractivity contribution >= 4 is 33.3 Å². The van der Waals surface area contributed by atoms with Crippen molar-refractivity contribution in [2.75, 3.05) is 0 Å². The predicted molar refractivity (Wildman–Crippen MR) is 89.2 cm³/mol. The lowest BCUT2D eigenvalue weighted by Crippen LogP contribution is -2.25. The van der Waals surface area contributed by atoms with Crippen LogP contribution in [0.5, 0.6) is 0 Å². The number of alkyl halides is 3. The SMILES string of the molecule is Cc1ccc(N=C(N=C(N)c2ccc(Br)cc2)C(F)(F)F)cc1. The predicted octanol–water partition coefficient (Wildman–Crippen LogP) is 4.76. The van der Waals surface area contributed by atoms with Gasteiger partial charge >= 0.3 is 6.18 Å². The van der Waals surface area contributed by atoms with Crippen LogP contribution in [0, 0.1) is 6.92 Å². The summed E-state index contributed by atoms with van der Waals surface area (Å²) in [5.41, 5.74) is 7.15. The van der Waals surface area contributed by atoms with Crippen molar-refractivity contribution in [1.29, 1.82) is 0 Å². The Hall–Kier alpha value is -2.15. The Kier molecular flexibility index (Phi) is 5.20. The van der Waals surface area contributed by atoms with Crippen LogP contribution in [-0.2, 0) is 0 Å². The van der Waals surface area contributed by atoms with Crippen LogP contribution in [0.3, 0.4) is 0 Å². The fraction of sp³-hybridized carbons (Fsp3) is 0.125. The van der Waals surface area contributed by atoms with Gasteiger partial charge in [0, 0.05) is 10.0 Å². The van der Waals surface area contributed by atoms with Gasteiger partial charge in [-0.1, -0.05) is 45.8 Å². The van der Waals surface area contributed by atoms with Crippen LogP contribution >= 0.6 is 15.9 Å². The number of nitrogens with zero attached hydrogens (tertiary/aromatic N) is 2. The maximum absolute atomic E-state index is 13.1. The summed E-state index contributed by atoms with van der Waals surface area (Å²) in [5, 5.41) is 0. The average Bonchev–Trinajstić information content (AvgIpc) is 2.48. The second-order valence-electron chi connectivity index (χ2n) is 4.77. The minimum Gasteiger partial charge on any atom is -0.383 e. The summed E-state index contributed by atoms with van der Waals surface area (Å²) in [4.78, 5) is 7.04. The summed E-state index contributed by atoms with van der Waals surface area (Å²) < 4.78 is 40.2. The van der Waals surface area contributed by atoms with Crippen LogP contribution in [0.25, 0.3) is 0 Å². The molecule has 2 aromatic carbocycles. The van der Waals surface area contributed by atoms with Gasteiger partial charge in [-0.2, -0.15) is 13.2 Å².